The standard InChI is InChI=1S/C8H16OSi/c1-5-8(6-7-9)10(2,3)4/h6,8H,5H2,1-4H3. The monoisotopic (exact) mass is 156 g/mol. The Bertz CT molecular complexity index is 140. The highest BCUT2D eigenvalue weighted by Crippen LogP contribution is 2.25. The van der Waals surface area contributed by atoms with Crippen molar-refractivity contribution in [3.05, 3.63) is 6.08 Å². The van der Waals surface area contributed by atoms with Gasteiger partial charge in [0.1, 0.15) is 5.94 Å². The van der Waals surface area contributed by atoms with Gasteiger partial charge in [-0.15, -0.1) is 0 Å². The molecule has 2 heteroatoms. The Morgan fingerprint density at radius 3 is 2.10 bits per heavy atom. The molecule has 1 atom stereocenters. The Morgan fingerprint density at radius 1 is 1.50 bits per heavy atom. The summed E-state index contributed by atoms with van der Waals surface area (Å²) in [6.07, 6.45) is 2.76. The molecule has 0 aliphatic heterocycles. The van der Waals surface area contributed by atoms with Gasteiger partial charge in [-0.2, -0.15) is 0 Å². The van der Waals surface area contributed by atoms with Crippen molar-refractivity contribution >= 4 is 14.0 Å². The first kappa shape index (κ1) is 9.67. The third kappa shape index (κ3) is 2.99. The van der Waals surface area contributed by atoms with Crippen LogP contribution in [0.1, 0.15) is 13.3 Å². The molecule has 0 amide bonds. The van der Waals surface area contributed by atoms with Crippen LogP contribution in [0, 0.1) is 0 Å². The smallest absolute Gasteiger partial charge is 0.120 e. The lowest BCUT2D eigenvalue weighted by atomic mass is 10.3. The number of hydrogen-bond donors (Lipinski definition) is 0. The quantitative estimate of drug-likeness (QED) is 0.453. The first-order chi connectivity index (χ1) is 4.52. The number of allylic oxidation sites excluding steroid dienone is 1. The average Bonchev–Trinajstić information content (AvgIpc) is 1.80. The maximum atomic E-state index is 10.1. The fourth-order valence-electron chi connectivity index (χ4n) is 1.06. The minimum Gasteiger partial charge on any atom is -0.234 e. The van der Waals surface area contributed by atoms with Gasteiger partial charge in [-0.25, -0.2) is 4.79 Å². The van der Waals surface area contributed by atoms with E-state index in [0.29, 0.717) is 5.54 Å². The number of carbonyl (C=O) groups excluding carboxylic acids is 1. The highest BCUT2D eigenvalue weighted by molar-refractivity contribution is 6.78. The van der Waals surface area contributed by atoms with E-state index in [0.717, 1.165) is 6.42 Å². The zero-order valence-electron chi connectivity index (χ0n) is 7.27. The lowest BCUT2D eigenvalue weighted by Gasteiger charge is -2.23. The van der Waals surface area contributed by atoms with Gasteiger partial charge in [0, 0.05) is 6.08 Å². The largest absolute Gasteiger partial charge is 0.234 e. The fourth-order valence-corrected chi connectivity index (χ4v) is 2.86. The highest BCUT2D eigenvalue weighted by atomic mass is 28.3. The van der Waals surface area contributed by atoms with Crippen molar-refractivity contribution < 1.29 is 4.79 Å². The molecule has 0 spiro atoms. The van der Waals surface area contributed by atoms with Crippen molar-refractivity contribution in [1.29, 1.82) is 0 Å². The van der Waals surface area contributed by atoms with E-state index < -0.39 is 8.07 Å². The molecule has 0 saturated heterocycles. The second-order valence-corrected chi connectivity index (χ2v) is 9.14. The SMILES string of the molecule is CCC(C=C=O)[Si](C)(C)C. The van der Waals surface area contributed by atoms with Crippen molar-refractivity contribution in [1.82, 2.24) is 0 Å². The molecule has 0 aromatic carbocycles. The third-order valence-corrected chi connectivity index (χ3v) is 4.62. The van der Waals surface area contributed by atoms with Crippen LogP contribution in [-0.2, 0) is 4.79 Å². The van der Waals surface area contributed by atoms with Crippen LogP contribution in [0.3, 0.4) is 0 Å². The maximum Gasteiger partial charge on any atom is 0.120 e. The minimum absolute atomic E-state index is 0.505. The molecule has 0 aliphatic rings. The summed E-state index contributed by atoms with van der Waals surface area (Å²) in [5.41, 5.74) is 0.505. The summed E-state index contributed by atoms with van der Waals surface area (Å²) in [4.78, 5) is 10.1. The zero-order chi connectivity index (χ0) is 8.20. The molecule has 0 N–H and O–H groups in total. The maximum absolute atomic E-state index is 10.1. The summed E-state index contributed by atoms with van der Waals surface area (Å²) in [7, 11) is -1.13. The van der Waals surface area contributed by atoms with Gasteiger partial charge in [-0.05, 0) is 5.54 Å². The summed E-state index contributed by atoms with van der Waals surface area (Å²) in [6, 6.07) is 0. The minimum atomic E-state index is -1.13. The molecule has 0 aromatic heterocycles. The molecule has 0 saturated carbocycles. The summed E-state index contributed by atoms with van der Waals surface area (Å²) < 4.78 is 0. The predicted molar refractivity (Wildman–Crippen MR) is 47.7 cm³/mol. The Kier molecular flexibility index (Phi) is 3.62. The van der Waals surface area contributed by atoms with Crippen molar-refractivity contribution in [2.45, 2.75) is 38.5 Å². The molecular formula is C8H16OSi. The summed E-state index contributed by atoms with van der Waals surface area (Å²) >= 11 is 0. The number of rotatable bonds is 3. The Labute approximate surface area is 64.1 Å². The van der Waals surface area contributed by atoms with Gasteiger partial charge in [0.15, 0.2) is 0 Å². The molecule has 0 rings (SSSR count). The van der Waals surface area contributed by atoms with E-state index in [-0.39, 0.29) is 0 Å². The summed E-state index contributed by atoms with van der Waals surface area (Å²) in [6.45, 7) is 8.94. The van der Waals surface area contributed by atoms with Gasteiger partial charge in [-0.1, -0.05) is 33.0 Å². The van der Waals surface area contributed by atoms with E-state index in [2.05, 4.69) is 26.6 Å². The van der Waals surface area contributed by atoms with Crippen LogP contribution in [0.5, 0.6) is 0 Å². The van der Waals surface area contributed by atoms with Crippen LogP contribution in [0.15, 0.2) is 6.08 Å². The van der Waals surface area contributed by atoms with Gasteiger partial charge in [0.2, 0.25) is 0 Å². The average molecular weight is 156 g/mol. The number of hydrogen-bond acceptors (Lipinski definition) is 1. The van der Waals surface area contributed by atoms with Crippen molar-refractivity contribution in [3.63, 3.8) is 0 Å². The second kappa shape index (κ2) is 3.74. The van der Waals surface area contributed by atoms with Crippen molar-refractivity contribution in [2.24, 2.45) is 0 Å². The van der Waals surface area contributed by atoms with E-state index in [1.807, 2.05) is 5.94 Å². The molecule has 0 radical (unpaired) electrons. The topological polar surface area (TPSA) is 17.1 Å². The Balaban J connectivity index is 4.20. The molecule has 0 heterocycles. The van der Waals surface area contributed by atoms with E-state index in [1.54, 1.807) is 6.08 Å². The summed E-state index contributed by atoms with van der Waals surface area (Å²) in [5.74, 6) is 1.88. The Hall–Kier alpha value is -0.333. The zero-order valence-corrected chi connectivity index (χ0v) is 8.27. The highest BCUT2D eigenvalue weighted by Gasteiger charge is 2.22. The molecule has 0 aliphatic carbocycles. The third-order valence-electron chi connectivity index (χ3n) is 1.82. The molecule has 0 bridgehead atoms. The van der Waals surface area contributed by atoms with Crippen LogP contribution in [0.2, 0.25) is 25.2 Å². The van der Waals surface area contributed by atoms with Crippen LogP contribution in [-0.4, -0.2) is 14.0 Å². The van der Waals surface area contributed by atoms with Gasteiger partial charge >= 0.3 is 0 Å². The van der Waals surface area contributed by atoms with Crippen LogP contribution in [0.4, 0.5) is 0 Å². The van der Waals surface area contributed by atoms with E-state index >= 15 is 0 Å². The summed E-state index contributed by atoms with van der Waals surface area (Å²) in [5, 5.41) is 0. The molecule has 1 unspecified atom stereocenters. The molecule has 58 valence electrons. The van der Waals surface area contributed by atoms with Gasteiger partial charge in [-0.3, -0.25) is 0 Å². The molecule has 0 fully saturated rings. The normalized spacial score (nSPS) is 14.0. The molecule has 0 aromatic rings. The van der Waals surface area contributed by atoms with Gasteiger partial charge in [0.25, 0.3) is 0 Å². The van der Waals surface area contributed by atoms with Crippen LogP contribution < -0.4 is 0 Å². The predicted octanol–water partition coefficient (Wildman–Crippen LogP) is 2.49. The van der Waals surface area contributed by atoms with Crippen LogP contribution >= 0.6 is 0 Å². The van der Waals surface area contributed by atoms with Gasteiger partial charge < -0.3 is 0 Å². The van der Waals surface area contributed by atoms with E-state index in [1.165, 1.54) is 0 Å². The molecule has 10 heavy (non-hydrogen) atoms. The second-order valence-electron chi connectivity index (χ2n) is 3.67. The van der Waals surface area contributed by atoms with Crippen molar-refractivity contribution in [2.75, 3.05) is 0 Å². The van der Waals surface area contributed by atoms with E-state index in [9.17, 15) is 4.79 Å². The molecular weight excluding hydrogens is 140 g/mol. The van der Waals surface area contributed by atoms with Crippen LogP contribution in [0.25, 0.3) is 0 Å². The van der Waals surface area contributed by atoms with Gasteiger partial charge in [0.05, 0.1) is 8.07 Å². The fraction of sp³-hybridized carbons (Fsp3) is 0.750. The lowest BCUT2D eigenvalue weighted by Crippen LogP contribution is -2.26. The van der Waals surface area contributed by atoms with Crippen molar-refractivity contribution in [3.8, 4) is 0 Å². The Morgan fingerprint density at radius 2 is 2.00 bits per heavy atom. The molecule has 1 nitrogen and oxygen atoms in total. The first-order valence-corrected chi connectivity index (χ1v) is 7.31. The van der Waals surface area contributed by atoms with E-state index in [4.69, 9.17) is 0 Å². The first-order valence-electron chi connectivity index (χ1n) is 3.73. The lowest BCUT2D eigenvalue weighted by molar-refractivity contribution is 0.567.